The molecule has 1 atom stereocenters. The molecule has 6 nitrogen and oxygen atoms in total. The van der Waals surface area contributed by atoms with Crippen molar-refractivity contribution in [3.8, 4) is 0 Å². The predicted octanol–water partition coefficient (Wildman–Crippen LogP) is 2.64. The molecule has 146 valence electrons. The first-order valence-electron chi connectivity index (χ1n) is 8.76. The van der Waals surface area contributed by atoms with Crippen LogP contribution in [0.25, 0.3) is 0 Å². The second-order valence-electron chi connectivity index (χ2n) is 7.75. The van der Waals surface area contributed by atoms with Crippen molar-refractivity contribution in [2.75, 3.05) is 11.6 Å². The zero-order valence-electron chi connectivity index (χ0n) is 15.7. The van der Waals surface area contributed by atoms with Crippen molar-refractivity contribution < 1.29 is 17.8 Å². The van der Waals surface area contributed by atoms with Gasteiger partial charge in [-0.1, -0.05) is 0 Å². The molecule has 0 bridgehead atoms. The monoisotopic (exact) mass is 400 g/mol. The number of anilines is 1. The van der Waals surface area contributed by atoms with Crippen molar-refractivity contribution in [1.82, 2.24) is 4.72 Å². The fraction of sp³-hybridized carbons (Fsp3) is 0.611. The average molecular weight is 401 g/mol. The first-order chi connectivity index (χ1) is 12.0. The van der Waals surface area contributed by atoms with Gasteiger partial charge in [0.05, 0.1) is 4.75 Å². The standard InChI is InChI=1S/C18H28N2O4S2/c1-18(2,3)26(23,24)20-15-7-5-13(6-8-15)17(21)19-14-9-11-16(12-10-14)25(4)22/h9-13,15,20H,5-8H2,1-4H3,(H,19,21)/t13-,15-,25?. The molecule has 1 aromatic rings. The Morgan fingerprint density at radius 1 is 1.12 bits per heavy atom. The van der Waals surface area contributed by atoms with E-state index >= 15 is 0 Å². The molecule has 1 fully saturated rings. The summed E-state index contributed by atoms with van der Waals surface area (Å²) in [6, 6.07) is 6.87. The van der Waals surface area contributed by atoms with E-state index in [9.17, 15) is 17.8 Å². The molecule has 1 unspecified atom stereocenters. The molecule has 1 aliphatic carbocycles. The second-order valence-corrected chi connectivity index (χ2v) is 11.6. The van der Waals surface area contributed by atoms with Crippen molar-refractivity contribution >= 4 is 32.8 Å². The molecule has 8 heteroatoms. The van der Waals surface area contributed by atoms with Crippen molar-refractivity contribution in [3.63, 3.8) is 0 Å². The minimum atomic E-state index is -3.37. The summed E-state index contributed by atoms with van der Waals surface area (Å²) in [5.74, 6) is -0.169. The summed E-state index contributed by atoms with van der Waals surface area (Å²) in [5, 5.41) is 2.89. The fourth-order valence-corrected chi connectivity index (χ4v) is 4.39. The molecule has 2 N–H and O–H groups in total. The molecule has 1 amide bonds. The number of sulfonamides is 1. The number of benzene rings is 1. The Morgan fingerprint density at radius 2 is 1.65 bits per heavy atom. The molecule has 1 aliphatic rings. The lowest BCUT2D eigenvalue weighted by atomic mass is 9.86. The number of amides is 1. The van der Waals surface area contributed by atoms with E-state index in [1.54, 1.807) is 51.3 Å². The number of hydrogen-bond acceptors (Lipinski definition) is 4. The van der Waals surface area contributed by atoms with Gasteiger partial charge < -0.3 is 9.87 Å². The SMILES string of the molecule is C[S+]([O-])c1ccc(NC(=O)[C@H]2CC[C@H](NS(=O)(=O)C(C)(C)C)CC2)cc1. The van der Waals surface area contributed by atoms with Crippen molar-refractivity contribution in [3.05, 3.63) is 24.3 Å². The highest BCUT2D eigenvalue weighted by molar-refractivity contribution is 7.91. The van der Waals surface area contributed by atoms with Gasteiger partial charge in [0, 0.05) is 17.6 Å². The molecule has 0 saturated heterocycles. The highest BCUT2D eigenvalue weighted by atomic mass is 32.2. The number of hydrogen-bond donors (Lipinski definition) is 2. The molecular formula is C18H28N2O4S2. The van der Waals surface area contributed by atoms with Crippen LogP contribution >= 0.6 is 0 Å². The van der Waals surface area contributed by atoms with Gasteiger partial charge in [-0.3, -0.25) is 4.79 Å². The third-order valence-electron chi connectivity index (χ3n) is 4.68. The first-order valence-corrected chi connectivity index (χ1v) is 11.8. The van der Waals surface area contributed by atoms with Crippen LogP contribution in [0.1, 0.15) is 46.5 Å². The summed E-state index contributed by atoms with van der Waals surface area (Å²) in [6.07, 6.45) is 4.22. The second kappa shape index (κ2) is 8.29. The maximum atomic E-state index is 12.4. The Labute approximate surface area is 159 Å². The summed E-state index contributed by atoms with van der Waals surface area (Å²) in [6.45, 7) is 5.02. The number of nitrogens with one attached hydrogen (secondary N) is 2. The average Bonchev–Trinajstić information content (AvgIpc) is 2.54. The molecule has 1 aromatic carbocycles. The predicted molar refractivity (Wildman–Crippen MR) is 105 cm³/mol. The van der Waals surface area contributed by atoms with Gasteiger partial charge in [-0.2, -0.15) is 0 Å². The Morgan fingerprint density at radius 3 is 2.12 bits per heavy atom. The normalized spacial score (nSPS) is 22.7. The van der Waals surface area contributed by atoms with Gasteiger partial charge in [0.2, 0.25) is 15.9 Å². The Hall–Kier alpha value is -1.09. The highest BCUT2D eigenvalue weighted by Crippen LogP contribution is 2.27. The van der Waals surface area contributed by atoms with E-state index in [-0.39, 0.29) is 17.9 Å². The maximum absolute atomic E-state index is 12.4. The molecule has 26 heavy (non-hydrogen) atoms. The Balaban J connectivity index is 1.86. The van der Waals surface area contributed by atoms with Crippen LogP contribution in [0.2, 0.25) is 0 Å². The third kappa shape index (κ3) is 5.45. The summed E-state index contributed by atoms with van der Waals surface area (Å²) >= 11 is -1.04. The van der Waals surface area contributed by atoms with E-state index in [4.69, 9.17) is 0 Å². The number of carbonyl (C=O) groups is 1. The third-order valence-corrected chi connectivity index (χ3v) is 7.87. The maximum Gasteiger partial charge on any atom is 0.227 e. The van der Waals surface area contributed by atoms with Gasteiger partial charge in [0.15, 0.2) is 4.90 Å². The van der Waals surface area contributed by atoms with Crippen LogP contribution < -0.4 is 10.0 Å². The molecule has 0 aromatic heterocycles. The van der Waals surface area contributed by atoms with E-state index in [2.05, 4.69) is 10.0 Å². The lowest BCUT2D eigenvalue weighted by Gasteiger charge is -2.30. The Bertz CT molecular complexity index is 717. The molecule has 2 rings (SSSR count). The van der Waals surface area contributed by atoms with E-state index in [0.29, 0.717) is 31.4 Å². The lowest BCUT2D eigenvalue weighted by molar-refractivity contribution is -0.120. The van der Waals surface area contributed by atoms with Crippen LogP contribution in [-0.4, -0.2) is 35.9 Å². The van der Waals surface area contributed by atoms with E-state index in [1.807, 2.05) is 0 Å². The lowest BCUT2D eigenvalue weighted by Crippen LogP contribution is -2.46. The summed E-state index contributed by atoms with van der Waals surface area (Å²) in [4.78, 5) is 13.1. The summed E-state index contributed by atoms with van der Waals surface area (Å²) in [5.41, 5.74) is 0.680. The minimum absolute atomic E-state index is 0.0486. The molecule has 0 spiro atoms. The van der Waals surface area contributed by atoms with Gasteiger partial charge in [-0.15, -0.1) is 0 Å². The van der Waals surface area contributed by atoms with E-state index in [1.165, 1.54) is 0 Å². The van der Waals surface area contributed by atoms with Gasteiger partial charge in [-0.25, -0.2) is 13.1 Å². The van der Waals surface area contributed by atoms with Crippen molar-refractivity contribution in [2.24, 2.45) is 5.92 Å². The summed E-state index contributed by atoms with van der Waals surface area (Å²) < 4.78 is 37.8. The molecule has 1 saturated carbocycles. The zero-order chi connectivity index (χ0) is 19.5. The van der Waals surface area contributed by atoms with Crippen LogP contribution in [0.3, 0.4) is 0 Å². The quantitative estimate of drug-likeness (QED) is 0.742. The smallest absolute Gasteiger partial charge is 0.227 e. The van der Waals surface area contributed by atoms with Crippen LogP contribution in [0.5, 0.6) is 0 Å². The van der Waals surface area contributed by atoms with Crippen molar-refractivity contribution in [2.45, 2.75) is 62.1 Å². The van der Waals surface area contributed by atoms with E-state index in [0.717, 1.165) is 4.90 Å². The van der Waals surface area contributed by atoms with E-state index < -0.39 is 25.9 Å². The first kappa shape index (κ1) is 21.2. The summed E-state index contributed by atoms with van der Waals surface area (Å²) in [7, 11) is -3.37. The number of rotatable bonds is 5. The van der Waals surface area contributed by atoms with Crippen LogP contribution in [-0.2, 0) is 26.0 Å². The molecule has 0 heterocycles. The van der Waals surface area contributed by atoms with Gasteiger partial charge in [0.25, 0.3) is 0 Å². The minimum Gasteiger partial charge on any atom is -0.612 e. The van der Waals surface area contributed by atoms with Crippen LogP contribution in [0.15, 0.2) is 29.2 Å². The van der Waals surface area contributed by atoms with Crippen LogP contribution in [0.4, 0.5) is 5.69 Å². The highest BCUT2D eigenvalue weighted by Gasteiger charge is 2.34. The zero-order valence-corrected chi connectivity index (χ0v) is 17.4. The van der Waals surface area contributed by atoms with Crippen molar-refractivity contribution in [1.29, 1.82) is 0 Å². The molecular weight excluding hydrogens is 372 g/mol. The molecule has 0 radical (unpaired) electrons. The van der Waals surface area contributed by atoms with Crippen LogP contribution in [0, 0.1) is 5.92 Å². The number of carbonyl (C=O) groups excluding carboxylic acids is 1. The fourth-order valence-electron chi connectivity index (χ4n) is 2.84. The molecule has 0 aliphatic heterocycles. The topological polar surface area (TPSA) is 98.3 Å². The largest absolute Gasteiger partial charge is 0.612 e. The Kier molecular flexibility index (Phi) is 6.76. The van der Waals surface area contributed by atoms with Gasteiger partial charge in [-0.05, 0) is 81.9 Å². The van der Waals surface area contributed by atoms with Gasteiger partial charge in [0.1, 0.15) is 6.26 Å². The van der Waals surface area contributed by atoms with Gasteiger partial charge >= 0.3 is 0 Å².